The van der Waals surface area contributed by atoms with Gasteiger partial charge in [-0.3, -0.25) is 19.6 Å². The van der Waals surface area contributed by atoms with Crippen LogP contribution >= 0.6 is 0 Å². The molecule has 1 unspecified atom stereocenters. The fraction of sp³-hybridized carbons (Fsp3) is 0.364. The Morgan fingerprint density at radius 1 is 1.33 bits per heavy atom. The number of fused-ring (bicyclic) bond motifs is 4. The molecule has 8 heteroatoms. The van der Waals surface area contributed by atoms with Crippen molar-refractivity contribution in [2.45, 2.75) is 25.8 Å². The minimum Gasteiger partial charge on any atom is -0.336 e. The zero-order valence-electron chi connectivity index (χ0n) is 16.7. The number of hydrazone groups is 1. The number of amides is 1. The largest absolute Gasteiger partial charge is 0.336 e. The number of aryl methyl sites for hydroxylation is 1. The van der Waals surface area contributed by atoms with Crippen molar-refractivity contribution in [3.63, 3.8) is 0 Å². The van der Waals surface area contributed by atoms with Gasteiger partial charge in [-0.1, -0.05) is 6.08 Å². The number of aromatic nitrogens is 1. The number of pyridine rings is 1. The molecule has 0 radical (unpaired) electrons. The molecule has 1 saturated heterocycles. The molecule has 1 aromatic carbocycles. The number of nitrogens with zero attached hydrogens (tertiary/aromatic N) is 5. The molecule has 2 aromatic rings. The highest BCUT2D eigenvalue weighted by Gasteiger charge is 2.32. The van der Waals surface area contributed by atoms with E-state index in [1.54, 1.807) is 30.5 Å². The molecule has 7 nitrogen and oxygen atoms in total. The third-order valence-electron chi connectivity index (χ3n) is 6.10. The van der Waals surface area contributed by atoms with Gasteiger partial charge < -0.3 is 9.47 Å². The average Bonchev–Trinajstić information content (AvgIpc) is 3.18. The molecule has 3 aliphatic rings. The lowest BCUT2D eigenvalue weighted by Gasteiger charge is -2.25. The quantitative estimate of drug-likeness (QED) is 0.784. The topological polar surface area (TPSA) is 70.3 Å². The molecule has 0 N–H and O–H groups in total. The molecule has 1 atom stereocenters. The van der Waals surface area contributed by atoms with Crippen molar-refractivity contribution in [2.24, 2.45) is 16.0 Å². The third-order valence-corrected chi connectivity index (χ3v) is 6.10. The Morgan fingerprint density at radius 2 is 2.20 bits per heavy atom. The predicted octanol–water partition coefficient (Wildman–Crippen LogP) is 2.33. The lowest BCUT2D eigenvalue weighted by molar-refractivity contribution is -0.130. The van der Waals surface area contributed by atoms with Gasteiger partial charge in [0.15, 0.2) is 0 Å². The van der Waals surface area contributed by atoms with Crippen LogP contribution in [0.4, 0.5) is 10.1 Å². The highest BCUT2D eigenvalue weighted by Crippen LogP contribution is 2.31. The van der Waals surface area contributed by atoms with Gasteiger partial charge in [-0.25, -0.2) is 4.39 Å². The fourth-order valence-electron chi connectivity index (χ4n) is 4.60. The van der Waals surface area contributed by atoms with Crippen LogP contribution in [0.3, 0.4) is 0 Å². The minimum absolute atomic E-state index is 0.0139. The number of allylic oxidation sites excluding steroid dienone is 1. The Morgan fingerprint density at radius 3 is 3.03 bits per heavy atom. The van der Waals surface area contributed by atoms with Crippen molar-refractivity contribution in [3.8, 4) is 0 Å². The van der Waals surface area contributed by atoms with Gasteiger partial charge in [0.05, 0.1) is 17.7 Å². The summed E-state index contributed by atoms with van der Waals surface area (Å²) in [5, 5.41) is 6.67. The van der Waals surface area contributed by atoms with Crippen LogP contribution < -0.4 is 10.6 Å². The van der Waals surface area contributed by atoms with Crippen molar-refractivity contribution < 1.29 is 9.18 Å². The SMILES string of the molecule is CN1N=CCc2c1c1ccc(F)cc1n(CCC(=O)N1CC3=NC=CCC3C1)c2=O. The number of halogens is 1. The maximum atomic E-state index is 14.0. The van der Waals surface area contributed by atoms with Gasteiger partial charge in [-0.05, 0) is 24.6 Å². The summed E-state index contributed by atoms with van der Waals surface area (Å²) in [4.78, 5) is 32.3. The van der Waals surface area contributed by atoms with Crippen LogP contribution in [0.25, 0.3) is 10.9 Å². The van der Waals surface area contributed by atoms with E-state index in [9.17, 15) is 14.0 Å². The summed E-state index contributed by atoms with van der Waals surface area (Å²) >= 11 is 0. The summed E-state index contributed by atoms with van der Waals surface area (Å²) in [7, 11) is 1.77. The van der Waals surface area contributed by atoms with E-state index in [-0.39, 0.29) is 24.4 Å². The van der Waals surface area contributed by atoms with E-state index in [1.807, 2.05) is 11.0 Å². The molecule has 0 saturated carbocycles. The predicted molar refractivity (Wildman–Crippen MR) is 115 cm³/mol. The van der Waals surface area contributed by atoms with E-state index in [0.29, 0.717) is 42.2 Å². The third kappa shape index (κ3) is 3.03. The normalized spacial score (nSPS) is 19.8. The second-order valence-electron chi connectivity index (χ2n) is 7.93. The number of carbonyl (C=O) groups excluding carboxylic acids is 1. The lowest BCUT2D eigenvalue weighted by atomic mass is 10.0. The number of benzene rings is 1. The maximum absolute atomic E-state index is 14.0. The van der Waals surface area contributed by atoms with Crippen LogP contribution in [0.1, 0.15) is 18.4 Å². The molecule has 1 fully saturated rings. The molecule has 0 aliphatic carbocycles. The molecule has 154 valence electrons. The van der Waals surface area contributed by atoms with Gasteiger partial charge >= 0.3 is 0 Å². The highest BCUT2D eigenvalue weighted by molar-refractivity contribution is 5.97. The average molecular weight is 407 g/mol. The van der Waals surface area contributed by atoms with Crippen molar-refractivity contribution in [1.82, 2.24) is 9.47 Å². The molecule has 0 spiro atoms. The zero-order chi connectivity index (χ0) is 20.8. The fourth-order valence-corrected chi connectivity index (χ4v) is 4.60. The number of aliphatic imine (C=N–C) groups is 1. The first-order chi connectivity index (χ1) is 14.5. The first-order valence-electron chi connectivity index (χ1n) is 10.1. The van der Waals surface area contributed by atoms with Crippen LogP contribution in [-0.4, -0.2) is 47.4 Å². The summed E-state index contributed by atoms with van der Waals surface area (Å²) in [6.07, 6.45) is 7.02. The van der Waals surface area contributed by atoms with Crippen molar-refractivity contribution in [2.75, 3.05) is 25.1 Å². The molecule has 0 bridgehead atoms. The van der Waals surface area contributed by atoms with Crippen LogP contribution in [0, 0.1) is 11.7 Å². The minimum atomic E-state index is -0.419. The van der Waals surface area contributed by atoms with E-state index < -0.39 is 5.82 Å². The summed E-state index contributed by atoms with van der Waals surface area (Å²) in [6, 6.07) is 4.42. The van der Waals surface area contributed by atoms with Crippen LogP contribution in [0.5, 0.6) is 0 Å². The Bertz CT molecular complexity index is 1200. The van der Waals surface area contributed by atoms with Crippen LogP contribution in [0.15, 0.2) is 45.4 Å². The number of carbonyl (C=O) groups is 1. The number of rotatable bonds is 3. The van der Waals surface area contributed by atoms with Crippen molar-refractivity contribution in [1.29, 1.82) is 0 Å². The molecule has 5 rings (SSSR count). The van der Waals surface area contributed by atoms with E-state index in [1.165, 1.54) is 16.7 Å². The summed E-state index contributed by atoms with van der Waals surface area (Å²) < 4.78 is 15.6. The van der Waals surface area contributed by atoms with Gasteiger partial charge in [-0.15, -0.1) is 0 Å². The number of anilines is 1. The molecule has 1 aromatic heterocycles. The number of hydrogen-bond acceptors (Lipinski definition) is 5. The second kappa shape index (κ2) is 7.19. The number of hydrogen-bond donors (Lipinski definition) is 0. The standard InChI is InChI=1S/C22H22FN5O2/c1-26-21-16-5-4-15(23)11-19(16)28(22(30)17(21)6-9-25-26)10-7-20(29)27-12-14-3-2-8-24-18(14)13-27/h2,4-5,8-9,11,14H,3,6-7,10,12-13H2,1H3. The van der Waals surface area contributed by atoms with Gasteiger partial charge in [0.2, 0.25) is 5.91 Å². The van der Waals surface area contributed by atoms with Crippen molar-refractivity contribution in [3.05, 3.63) is 52.2 Å². The Balaban J connectivity index is 1.46. The maximum Gasteiger partial charge on any atom is 0.256 e. The molecule has 1 amide bonds. The van der Waals surface area contributed by atoms with Gasteiger partial charge in [0, 0.05) is 68.0 Å². The monoisotopic (exact) mass is 407 g/mol. The van der Waals surface area contributed by atoms with Crippen molar-refractivity contribution >= 4 is 34.4 Å². The van der Waals surface area contributed by atoms with E-state index in [0.717, 1.165) is 17.5 Å². The highest BCUT2D eigenvalue weighted by atomic mass is 19.1. The lowest BCUT2D eigenvalue weighted by Crippen LogP contribution is -2.33. The number of likely N-dealkylation sites (tertiary alicyclic amines) is 1. The smallest absolute Gasteiger partial charge is 0.256 e. The molecule has 4 heterocycles. The Labute approximate surface area is 172 Å². The summed E-state index contributed by atoms with van der Waals surface area (Å²) in [6.45, 7) is 1.42. The second-order valence-corrected chi connectivity index (χ2v) is 7.93. The van der Waals surface area contributed by atoms with Gasteiger partial charge in [0.1, 0.15) is 5.82 Å². The molecule has 3 aliphatic heterocycles. The Hall–Kier alpha value is -3.29. The molecular formula is C22H22FN5O2. The van der Waals surface area contributed by atoms with E-state index in [2.05, 4.69) is 10.1 Å². The Kier molecular flexibility index (Phi) is 4.49. The van der Waals surface area contributed by atoms with Crippen LogP contribution in [-0.2, 0) is 17.8 Å². The van der Waals surface area contributed by atoms with Crippen LogP contribution in [0.2, 0.25) is 0 Å². The van der Waals surface area contributed by atoms with Gasteiger partial charge in [-0.2, -0.15) is 5.10 Å². The molecular weight excluding hydrogens is 385 g/mol. The zero-order valence-corrected chi connectivity index (χ0v) is 16.7. The first kappa shape index (κ1) is 18.7. The van der Waals surface area contributed by atoms with E-state index in [4.69, 9.17) is 0 Å². The van der Waals surface area contributed by atoms with E-state index >= 15 is 0 Å². The summed E-state index contributed by atoms with van der Waals surface area (Å²) in [5.74, 6) is -0.131. The summed E-state index contributed by atoms with van der Waals surface area (Å²) in [5.41, 5.74) is 2.66. The van der Waals surface area contributed by atoms with Gasteiger partial charge in [0.25, 0.3) is 5.56 Å². The molecule has 30 heavy (non-hydrogen) atoms. The first-order valence-corrected chi connectivity index (χ1v) is 10.1.